The van der Waals surface area contributed by atoms with Gasteiger partial charge in [-0.05, 0) is 42.5 Å². The topological polar surface area (TPSA) is 75.4 Å². The van der Waals surface area contributed by atoms with E-state index in [1.807, 2.05) is 30.3 Å². The van der Waals surface area contributed by atoms with Gasteiger partial charge in [0.25, 0.3) is 5.91 Å². The first-order valence-electron chi connectivity index (χ1n) is 9.30. The van der Waals surface area contributed by atoms with E-state index < -0.39 is 5.97 Å². The van der Waals surface area contributed by atoms with Crippen LogP contribution < -0.4 is 0 Å². The summed E-state index contributed by atoms with van der Waals surface area (Å²) in [4.78, 5) is 25.3. The van der Waals surface area contributed by atoms with Crippen molar-refractivity contribution in [2.75, 3.05) is 6.54 Å². The lowest BCUT2D eigenvalue weighted by atomic mass is 10.1. The first-order valence-corrected chi connectivity index (χ1v) is 10.5. The first kappa shape index (κ1) is 21.0. The standard InChI is InChI=1S/C22H16FN3O3S2/c23-16-8-6-14(7-9-16)20-15(13-26(24-20)17-4-2-1-3-5-17)12-18-21(29)25(22(30)31-18)11-10-19(27)28/h1-9,12-13H,10-11H2,(H,27,28)/b18-12+. The average molecular weight is 454 g/mol. The van der Waals surface area contributed by atoms with E-state index in [2.05, 4.69) is 5.10 Å². The van der Waals surface area contributed by atoms with Gasteiger partial charge in [0.05, 0.1) is 22.7 Å². The van der Waals surface area contributed by atoms with Crippen LogP contribution in [-0.2, 0) is 9.59 Å². The Hall–Kier alpha value is -3.30. The molecule has 1 saturated heterocycles. The molecule has 156 valence electrons. The molecule has 0 atom stereocenters. The van der Waals surface area contributed by atoms with Gasteiger partial charge >= 0.3 is 5.97 Å². The molecule has 31 heavy (non-hydrogen) atoms. The minimum absolute atomic E-state index is 0.0193. The largest absolute Gasteiger partial charge is 0.481 e. The van der Waals surface area contributed by atoms with Crippen molar-refractivity contribution in [3.05, 3.63) is 77.1 Å². The van der Waals surface area contributed by atoms with Crippen molar-refractivity contribution in [2.24, 2.45) is 0 Å². The molecule has 0 unspecified atom stereocenters. The molecule has 1 N–H and O–H groups in total. The van der Waals surface area contributed by atoms with Crippen LogP contribution in [0.15, 0.2) is 65.7 Å². The number of para-hydroxylation sites is 1. The average Bonchev–Trinajstić information content (AvgIpc) is 3.29. The lowest BCUT2D eigenvalue weighted by molar-refractivity contribution is -0.137. The van der Waals surface area contributed by atoms with E-state index in [-0.39, 0.29) is 24.7 Å². The summed E-state index contributed by atoms with van der Waals surface area (Å²) in [6.07, 6.45) is 3.29. The third-order valence-electron chi connectivity index (χ3n) is 4.59. The zero-order chi connectivity index (χ0) is 22.0. The van der Waals surface area contributed by atoms with Crippen LogP contribution in [0.5, 0.6) is 0 Å². The summed E-state index contributed by atoms with van der Waals surface area (Å²) in [6.45, 7) is 0.0193. The highest BCUT2D eigenvalue weighted by atomic mass is 32.2. The van der Waals surface area contributed by atoms with Gasteiger partial charge in [-0.3, -0.25) is 14.5 Å². The monoisotopic (exact) mass is 453 g/mol. The van der Waals surface area contributed by atoms with Gasteiger partial charge in [0.2, 0.25) is 0 Å². The Labute approximate surface area is 187 Å². The second-order valence-corrected chi connectivity index (χ2v) is 8.37. The van der Waals surface area contributed by atoms with Gasteiger partial charge in [-0.2, -0.15) is 5.10 Å². The van der Waals surface area contributed by atoms with Crippen LogP contribution in [0.2, 0.25) is 0 Å². The van der Waals surface area contributed by atoms with Crippen LogP contribution in [0.1, 0.15) is 12.0 Å². The molecule has 1 aliphatic rings. The molecule has 0 aliphatic carbocycles. The molecule has 1 fully saturated rings. The highest BCUT2D eigenvalue weighted by molar-refractivity contribution is 8.26. The fourth-order valence-corrected chi connectivity index (χ4v) is 4.38. The molecular formula is C22H16FN3O3S2. The number of carboxylic acid groups (broad SMARTS) is 1. The van der Waals surface area contributed by atoms with E-state index in [0.717, 1.165) is 17.4 Å². The molecule has 0 radical (unpaired) electrons. The van der Waals surface area contributed by atoms with Crippen molar-refractivity contribution in [1.82, 2.24) is 14.7 Å². The van der Waals surface area contributed by atoms with Crippen LogP contribution in [0.3, 0.4) is 0 Å². The number of carboxylic acids is 1. The first-order chi connectivity index (χ1) is 14.9. The molecule has 2 aromatic carbocycles. The van der Waals surface area contributed by atoms with Gasteiger partial charge in [-0.25, -0.2) is 9.07 Å². The van der Waals surface area contributed by atoms with Gasteiger partial charge in [-0.1, -0.05) is 42.2 Å². The molecule has 6 nitrogen and oxygen atoms in total. The highest BCUT2D eigenvalue weighted by Gasteiger charge is 2.32. The van der Waals surface area contributed by atoms with Crippen molar-refractivity contribution in [3.63, 3.8) is 0 Å². The fraction of sp³-hybridized carbons (Fsp3) is 0.0909. The van der Waals surface area contributed by atoms with Crippen molar-refractivity contribution >= 4 is 46.3 Å². The Kier molecular flexibility index (Phi) is 5.97. The lowest BCUT2D eigenvalue weighted by Gasteiger charge is -2.12. The maximum absolute atomic E-state index is 13.4. The quantitative estimate of drug-likeness (QED) is 0.442. The number of carbonyl (C=O) groups excluding carboxylic acids is 1. The number of thioether (sulfide) groups is 1. The van der Waals surface area contributed by atoms with E-state index in [1.54, 1.807) is 29.1 Å². The maximum atomic E-state index is 13.4. The fourth-order valence-electron chi connectivity index (χ4n) is 3.08. The van der Waals surface area contributed by atoms with Crippen LogP contribution in [0, 0.1) is 5.82 Å². The molecule has 1 aromatic heterocycles. The number of rotatable bonds is 6. The van der Waals surface area contributed by atoms with Crippen molar-refractivity contribution in [2.45, 2.75) is 6.42 Å². The Balaban J connectivity index is 1.74. The van der Waals surface area contributed by atoms with Gasteiger partial charge in [0, 0.05) is 23.9 Å². The molecule has 3 aromatic rings. The number of hydrogen-bond donors (Lipinski definition) is 1. The summed E-state index contributed by atoms with van der Waals surface area (Å²) in [5, 5.41) is 13.5. The molecule has 0 saturated carbocycles. The summed E-state index contributed by atoms with van der Waals surface area (Å²) in [7, 11) is 0. The van der Waals surface area contributed by atoms with Crippen LogP contribution >= 0.6 is 24.0 Å². The van der Waals surface area contributed by atoms with Gasteiger partial charge < -0.3 is 5.11 Å². The second kappa shape index (κ2) is 8.83. The summed E-state index contributed by atoms with van der Waals surface area (Å²) >= 11 is 6.38. The smallest absolute Gasteiger partial charge is 0.305 e. The Morgan fingerprint density at radius 3 is 2.55 bits per heavy atom. The third kappa shape index (κ3) is 4.57. The second-order valence-electron chi connectivity index (χ2n) is 6.70. The summed E-state index contributed by atoms with van der Waals surface area (Å²) < 4.78 is 15.4. The normalized spacial score (nSPS) is 15.1. The SMILES string of the molecule is O=C(O)CCN1C(=O)/C(=C\c2cn(-c3ccccc3)nc2-c2ccc(F)cc2)SC1=S. The van der Waals surface area contributed by atoms with Crippen molar-refractivity contribution < 1.29 is 19.1 Å². The Morgan fingerprint density at radius 2 is 1.87 bits per heavy atom. The summed E-state index contributed by atoms with van der Waals surface area (Å²) in [5.41, 5.74) is 2.78. The van der Waals surface area contributed by atoms with Crippen LogP contribution in [0.25, 0.3) is 23.0 Å². The molecule has 1 amide bonds. The summed E-state index contributed by atoms with van der Waals surface area (Å²) in [6, 6.07) is 15.4. The minimum Gasteiger partial charge on any atom is -0.481 e. The molecule has 1 aliphatic heterocycles. The minimum atomic E-state index is -0.999. The molecule has 9 heteroatoms. The number of hydrogen-bond acceptors (Lipinski definition) is 5. The Bertz CT molecular complexity index is 1190. The van der Waals surface area contributed by atoms with E-state index in [1.165, 1.54) is 17.0 Å². The predicted molar refractivity (Wildman–Crippen MR) is 121 cm³/mol. The van der Waals surface area contributed by atoms with Crippen molar-refractivity contribution in [3.8, 4) is 16.9 Å². The van der Waals surface area contributed by atoms with Gasteiger partial charge in [0.1, 0.15) is 10.1 Å². The lowest BCUT2D eigenvalue weighted by Crippen LogP contribution is -2.30. The number of nitrogens with zero attached hydrogens (tertiary/aromatic N) is 3. The van der Waals surface area contributed by atoms with E-state index in [9.17, 15) is 14.0 Å². The van der Waals surface area contributed by atoms with Gasteiger partial charge in [-0.15, -0.1) is 0 Å². The predicted octanol–water partition coefficient (Wildman–Crippen LogP) is 4.35. The molecular weight excluding hydrogens is 437 g/mol. The molecule has 0 bridgehead atoms. The van der Waals surface area contributed by atoms with E-state index in [0.29, 0.717) is 26.0 Å². The molecule has 2 heterocycles. The van der Waals surface area contributed by atoms with Crippen LogP contribution in [0.4, 0.5) is 4.39 Å². The third-order valence-corrected chi connectivity index (χ3v) is 5.97. The zero-order valence-corrected chi connectivity index (χ0v) is 17.7. The number of halogens is 1. The number of amides is 1. The van der Waals surface area contributed by atoms with Crippen molar-refractivity contribution in [1.29, 1.82) is 0 Å². The zero-order valence-electron chi connectivity index (χ0n) is 16.1. The number of aromatic nitrogens is 2. The van der Waals surface area contributed by atoms with Crippen LogP contribution in [-0.4, -0.2) is 42.5 Å². The molecule has 4 rings (SSSR count). The van der Waals surface area contributed by atoms with E-state index >= 15 is 0 Å². The Morgan fingerprint density at radius 1 is 1.16 bits per heavy atom. The summed E-state index contributed by atoms with van der Waals surface area (Å²) in [5.74, 6) is -1.69. The number of carbonyl (C=O) groups is 2. The van der Waals surface area contributed by atoms with Gasteiger partial charge in [0.15, 0.2) is 0 Å². The maximum Gasteiger partial charge on any atom is 0.305 e. The molecule has 0 spiro atoms. The number of aliphatic carboxylic acids is 1. The number of benzene rings is 2. The highest BCUT2D eigenvalue weighted by Crippen LogP contribution is 2.35. The number of thiocarbonyl (C=S) groups is 1. The van der Waals surface area contributed by atoms with E-state index in [4.69, 9.17) is 17.3 Å².